The quantitative estimate of drug-likeness (QED) is 0.860. The van der Waals surface area contributed by atoms with E-state index in [-0.39, 0.29) is 5.75 Å². The summed E-state index contributed by atoms with van der Waals surface area (Å²) in [6.07, 6.45) is 1.34. The van der Waals surface area contributed by atoms with Gasteiger partial charge in [0.15, 0.2) is 0 Å². The lowest BCUT2D eigenvalue weighted by Crippen LogP contribution is -1.96. The van der Waals surface area contributed by atoms with Crippen LogP contribution in [-0.2, 0) is 0 Å². The van der Waals surface area contributed by atoms with E-state index in [1.807, 2.05) is 37.3 Å². The minimum absolute atomic E-state index is 0.281. The van der Waals surface area contributed by atoms with Gasteiger partial charge < -0.3 is 10.2 Å². The van der Waals surface area contributed by atoms with Crippen LogP contribution in [0.1, 0.15) is 37.0 Å². The third kappa shape index (κ3) is 3.15. The third-order valence-corrected chi connectivity index (χ3v) is 3.35. The van der Waals surface area contributed by atoms with Crippen LogP contribution in [-0.4, -0.2) is 10.2 Å². The molecule has 0 aliphatic rings. The van der Waals surface area contributed by atoms with E-state index in [1.165, 1.54) is 0 Å². The Kier molecular flexibility index (Phi) is 4.23. The molecule has 0 saturated heterocycles. The molecular formula is C17H20O2. The van der Waals surface area contributed by atoms with E-state index in [9.17, 15) is 10.2 Å². The van der Waals surface area contributed by atoms with Crippen LogP contribution in [0.3, 0.4) is 0 Å². The standard InChI is InChI=1S/C17H20O2/c1-3-5-17(19)14-7-4-6-13(11-14)16-9-8-15(18)10-12(16)2/h4,6-11,17-19H,3,5H2,1-2H3/t17-/m0/s1. The molecule has 0 spiro atoms. The van der Waals surface area contributed by atoms with Crippen molar-refractivity contribution >= 4 is 0 Å². The Morgan fingerprint density at radius 2 is 1.89 bits per heavy atom. The van der Waals surface area contributed by atoms with Crippen molar-refractivity contribution in [2.24, 2.45) is 0 Å². The summed E-state index contributed by atoms with van der Waals surface area (Å²) in [5.74, 6) is 0.281. The molecule has 2 aromatic carbocycles. The summed E-state index contributed by atoms with van der Waals surface area (Å²) in [6.45, 7) is 4.04. The maximum absolute atomic E-state index is 10.1. The fraction of sp³-hybridized carbons (Fsp3) is 0.294. The molecule has 0 unspecified atom stereocenters. The van der Waals surface area contributed by atoms with Gasteiger partial charge in [-0.15, -0.1) is 0 Å². The maximum Gasteiger partial charge on any atom is 0.115 e. The number of aromatic hydroxyl groups is 1. The maximum atomic E-state index is 10.1. The van der Waals surface area contributed by atoms with Gasteiger partial charge in [-0.2, -0.15) is 0 Å². The average Bonchev–Trinajstić information content (AvgIpc) is 2.39. The van der Waals surface area contributed by atoms with Crippen LogP contribution in [0, 0.1) is 6.92 Å². The van der Waals surface area contributed by atoms with Crippen LogP contribution in [0.5, 0.6) is 5.75 Å². The molecule has 2 nitrogen and oxygen atoms in total. The summed E-state index contributed by atoms with van der Waals surface area (Å²) in [4.78, 5) is 0. The van der Waals surface area contributed by atoms with Crippen molar-refractivity contribution < 1.29 is 10.2 Å². The Labute approximate surface area is 114 Å². The Hall–Kier alpha value is -1.80. The number of phenols is 1. The van der Waals surface area contributed by atoms with Crippen molar-refractivity contribution in [2.75, 3.05) is 0 Å². The largest absolute Gasteiger partial charge is 0.508 e. The number of hydrogen-bond donors (Lipinski definition) is 2. The number of rotatable bonds is 4. The lowest BCUT2D eigenvalue weighted by atomic mass is 9.96. The predicted molar refractivity (Wildman–Crippen MR) is 78.1 cm³/mol. The lowest BCUT2D eigenvalue weighted by molar-refractivity contribution is 0.166. The van der Waals surface area contributed by atoms with E-state index >= 15 is 0 Å². The zero-order valence-corrected chi connectivity index (χ0v) is 11.4. The van der Waals surface area contributed by atoms with Crippen molar-refractivity contribution in [1.29, 1.82) is 0 Å². The van der Waals surface area contributed by atoms with Gasteiger partial charge in [0.05, 0.1) is 6.10 Å². The molecule has 0 amide bonds. The highest BCUT2D eigenvalue weighted by Crippen LogP contribution is 2.29. The van der Waals surface area contributed by atoms with Gasteiger partial charge in [0, 0.05) is 0 Å². The van der Waals surface area contributed by atoms with Crippen molar-refractivity contribution in [1.82, 2.24) is 0 Å². The topological polar surface area (TPSA) is 40.5 Å². The Morgan fingerprint density at radius 3 is 2.58 bits per heavy atom. The molecule has 2 heteroatoms. The first kappa shape index (κ1) is 13.6. The zero-order valence-electron chi connectivity index (χ0n) is 11.4. The summed E-state index contributed by atoms with van der Waals surface area (Å²) in [5.41, 5.74) is 4.14. The Bertz CT molecular complexity index is 561. The molecule has 0 aliphatic heterocycles. The fourth-order valence-electron chi connectivity index (χ4n) is 2.33. The summed E-state index contributed by atoms with van der Waals surface area (Å²) in [5, 5.41) is 19.5. The first-order chi connectivity index (χ1) is 9.11. The van der Waals surface area contributed by atoms with E-state index in [0.29, 0.717) is 0 Å². The fourth-order valence-corrected chi connectivity index (χ4v) is 2.33. The second-order valence-electron chi connectivity index (χ2n) is 4.93. The van der Waals surface area contributed by atoms with Gasteiger partial charge in [-0.05, 0) is 53.8 Å². The van der Waals surface area contributed by atoms with Crippen LogP contribution in [0.4, 0.5) is 0 Å². The molecule has 19 heavy (non-hydrogen) atoms. The SMILES string of the molecule is CCC[C@H](O)c1cccc(-c2ccc(O)cc2C)c1. The second-order valence-corrected chi connectivity index (χ2v) is 4.93. The first-order valence-corrected chi connectivity index (χ1v) is 6.70. The number of aliphatic hydroxyl groups is 1. The van der Waals surface area contributed by atoms with Gasteiger partial charge in [0.2, 0.25) is 0 Å². The van der Waals surface area contributed by atoms with Gasteiger partial charge in [0.1, 0.15) is 5.75 Å². The van der Waals surface area contributed by atoms with Crippen LogP contribution >= 0.6 is 0 Å². The highest BCUT2D eigenvalue weighted by molar-refractivity contribution is 5.68. The minimum atomic E-state index is -0.401. The van der Waals surface area contributed by atoms with Gasteiger partial charge >= 0.3 is 0 Å². The van der Waals surface area contributed by atoms with E-state index in [1.54, 1.807) is 12.1 Å². The molecule has 1 atom stereocenters. The van der Waals surface area contributed by atoms with Crippen LogP contribution < -0.4 is 0 Å². The number of benzene rings is 2. The number of phenolic OH excluding ortho intramolecular Hbond substituents is 1. The first-order valence-electron chi connectivity index (χ1n) is 6.70. The average molecular weight is 256 g/mol. The minimum Gasteiger partial charge on any atom is -0.508 e. The molecule has 2 aromatic rings. The van der Waals surface area contributed by atoms with E-state index in [2.05, 4.69) is 6.92 Å². The molecule has 100 valence electrons. The zero-order chi connectivity index (χ0) is 13.8. The van der Waals surface area contributed by atoms with Gasteiger partial charge in [0.25, 0.3) is 0 Å². The predicted octanol–water partition coefficient (Wildman–Crippen LogP) is 4.20. The monoisotopic (exact) mass is 256 g/mol. The Morgan fingerprint density at radius 1 is 1.11 bits per heavy atom. The van der Waals surface area contributed by atoms with Crippen molar-refractivity contribution in [3.05, 3.63) is 53.6 Å². The molecular weight excluding hydrogens is 236 g/mol. The van der Waals surface area contributed by atoms with E-state index in [4.69, 9.17) is 0 Å². The number of hydrogen-bond acceptors (Lipinski definition) is 2. The van der Waals surface area contributed by atoms with Crippen LogP contribution in [0.15, 0.2) is 42.5 Å². The van der Waals surface area contributed by atoms with Crippen molar-refractivity contribution in [3.8, 4) is 16.9 Å². The van der Waals surface area contributed by atoms with Crippen LogP contribution in [0.2, 0.25) is 0 Å². The molecule has 0 fully saturated rings. The number of aryl methyl sites for hydroxylation is 1. The van der Waals surface area contributed by atoms with Crippen molar-refractivity contribution in [3.63, 3.8) is 0 Å². The van der Waals surface area contributed by atoms with Crippen LogP contribution in [0.25, 0.3) is 11.1 Å². The molecule has 2 rings (SSSR count). The second kappa shape index (κ2) is 5.89. The third-order valence-electron chi connectivity index (χ3n) is 3.35. The van der Waals surface area contributed by atoms with E-state index < -0.39 is 6.10 Å². The summed E-state index contributed by atoms with van der Waals surface area (Å²) in [6, 6.07) is 13.3. The summed E-state index contributed by atoms with van der Waals surface area (Å²) < 4.78 is 0. The smallest absolute Gasteiger partial charge is 0.115 e. The molecule has 2 N–H and O–H groups in total. The summed E-state index contributed by atoms with van der Waals surface area (Å²) >= 11 is 0. The van der Waals surface area contributed by atoms with E-state index in [0.717, 1.165) is 35.1 Å². The molecule has 0 radical (unpaired) electrons. The summed E-state index contributed by atoms with van der Waals surface area (Å²) in [7, 11) is 0. The normalized spacial score (nSPS) is 12.4. The van der Waals surface area contributed by atoms with Crippen molar-refractivity contribution in [2.45, 2.75) is 32.8 Å². The lowest BCUT2D eigenvalue weighted by Gasteiger charge is -2.12. The molecule has 0 aliphatic carbocycles. The highest BCUT2D eigenvalue weighted by atomic mass is 16.3. The van der Waals surface area contributed by atoms with Gasteiger partial charge in [-0.3, -0.25) is 0 Å². The number of aliphatic hydroxyl groups excluding tert-OH is 1. The van der Waals surface area contributed by atoms with Gasteiger partial charge in [-0.1, -0.05) is 37.6 Å². The Balaban J connectivity index is 2.37. The molecule has 0 heterocycles. The molecule has 0 bridgehead atoms. The highest BCUT2D eigenvalue weighted by Gasteiger charge is 2.09. The molecule has 0 aromatic heterocycles. The molecule has 0 saturated carbocycles. The van der Waals surface area contributed by atoms with Gasteiger partial charge in [-0.25, -0.2) is 0 Å².